The SMILES string of the molecule is CC(F)(F)c1cc(NC(=O)Nc2cc(F)cc(OC3=CC(NC(=O)C4CC4)=CCC=N3)c2)ccc1Cl. The summed E-state index contributed by atoms with van der Waals surface area (Å²) in [5.74, 6) is -3.79. The average molecular weight is 519 g/mol. The topological polar surface area (TPSA) is 91.8 Å². The molecule has 7 nitrogen and oxygen atoms in total. The molecule has 4 rings (SSSR count). The van der Waals surface area contributed by atoms with Gasteiger partial charge in [0.05, 0.1) is 0 Å². The Morgan fingerprint density at radius 1 is 1.08 bits per heavy atom. The molecule has 1 aliphatic carbocycles. The minimum absolute atomic E-state index is 0.0220. The summed E-state index contributed by atoms with van der Waals surface area (Å²) in [6, 6.07) is 6.40. The average Bonchev–Trinajstić information content (AvgIpc) is 3.62. The van der Waals surface area contributed by atoms with Crippen molar-refractivity contribution in [2.75, 3.05) is 10.6 Å². The number of hydrogen-bond donors (Lipinski definition) is 3. The van der Waals surface area contributed by atoms with Gasteiger partial charge in [-0.2, -0.15) is 0 Å². The number of nitrogens with one attached hydrogen (secondary N) is 3. The number of alkyl halides is 2. The molecule has 2 aromatic rings. The molecule has 3 N–H and O–H groups in total. The fourth-order valence-corrected chi connectivity index (χ4v) is 3.62. The molecule has 3 amide bonds. The second-order valence-corrected chi connectivity index (χ2v) is 8.80. The highest BCUT2D eigenvalue weighted by atomic mass is 35.5. The molecule has 0 unspecified atom stereocenters. The van der Waals surface area contributed by atoms with Crippen LogP contribution in [-0.4, -0.2) is 18.2 Å². The Kier molecular flexibility index (Phi) is 7.35. The molecule has 1 saturated carbocycles. The van der Waals surface area contributed by atoms with Crippen LogP contribution in [0, 0.1) is 11.7 Å². The molecule has 0 atom stereocenters. The van der Waals surface area contributed by atoms with Crippen molar-refractivity contribution in [3.63, 3.8) is 0 Å². The first-order valence-corrected chi connectivity index (χ1v) is 11.4. The Morgan fingerprint density at radius 3 is 2.56 bits per heavy atom. The Hall–Kier alpha value is -3.79. The lowest BCUT2D eigenvalue weighted by atomic mass is 10.1. The number of nitrogens with zero attached hydrogens (tertiary/aromatic N) is 1. The largest absolute Gasteiger partial charge is 0.439 e. The smallest absolute Gasteiger partial charge is 0.323 e. The summed E-state index contributed by atoms with van der Waals surface area (Å²) in [6.07, 6.45) is 7.07. The molecule has 2 aromatic carbocycles. The van der Waals surface area contributed by atoms with E-state index in [0.717, 1.165) is 31.0 Å². The molecule has 1 heterocycles. The lowest BCUT2D eigenvalue weighted by molar-refractivity contribution is -0.121. The van der Waals surface area contributed by atoms with Crippen LogP contribution in [0.1, 0.15) is 31.7 Å². The number of halogens is 4. The Balaban J connectivity index is 1.44. The maximum Gasteiger partial charge on any atom is 0.323 e. The lowest BCUT2D eigenvalue weighted by Crippen LogP contribution is -2.23. The third-order valence-corrected chi connectivity index (χ3v) is 5.53. The molecule has 0 radical (unpaired) electrons. The number of ether oxygens (including phenoxy) is 1. The van der Waals surface area contributed by atoms with Crippen molar-refractivity contribution in [3.8, 4) is 5.75 Å². The number of carbonyl (C=O) groups is 2. The number of amides is 3. The van der Waals surface area contributed by atoms with E-state index in [9.17, 15) is 22.8 Å². The van der Waals surface area contributed by atoms with Crippen molar-refractivity contribution in [1.29, 1.82) is 0 Å². The fraction of sp³-hybridized carbons (Fsp3) is 0.240. The van der Waals surface area contributed by atoms with Gasteiger partial charge in [0.25, 0.3) is 5.92 Å². The monoisotopic (exact) mass is 518 g/mol. The molecule has 1 aliphatic heterocycles. The molecule has 0 saturated heterocycles. The highest BCUT2D eigenvalue weighted by Gasteiger charge is 2.30. The number of carbonyl (C=O) groups excluding carboxylic acids is 2. The van der Waals surface area contributed by atoms with Crippen molar-refractivity contribution in [1.82, 2.24) is 5.32 Å². The van der Waals surface area contributed by atoms with E-state index in [1.165, 1.54) is 24.3 Å². The summed E-state index contributed by atoms with van der Waals surface area (Å²) in [4.78, 5) is 28.6. The number of urea groups is 1. The van der Waals surface area contributed by atoms with Crippen LogP contribution < -0.4 is 20.7 Å². The lowest BCUT2D eigenvalue weighted by Gasteiger charge is -2.15. The van der Waals surface area contributed by atoms with Gasteiger partial charge in [0.15, 0.2) is 0 Å². The zero-order valence-electron chi connectivity index (χ0n) is 19.1. The molecular weight excluding hydrogens is 497 g/mol. The summed E-state index contributed by atoms with van der Waals surface area (Å²) in [5.41, 5.74) is 0.205. The molecule has 0 aromatic heterocycles. The quantitative estimate of drug-likeness (QED) is 0.399. The third kappa shape index (κ3) is 6.88. The first-order chi connectivity index (χ1) is 17.1. The number of benzene rings is 2. The Labute approximate surface area is 210 Å². The van der Waals surface area contributed by atoms with Crippen LogP contribution in [0.2, 0.25) is 5.02 Å². The van der Waals surface area contributed by atoms with Gasteiger partial charge >= 0.3 is 6.03 Å². The van der Waals surface area contributed by atoms with E-state index in [2.05, 4.69) is 20.9 Å². The van der Waals surface area contributed by atoms with E-state index >= 15 is 0 Å². The minimum atomic E-state index is -3.20. The predicted octanol–water partition coefficient (Wildman–Crippen LogP) is 6.34. The standard InChI is InChI=1S/C25H22ClF3N4O3/c1-25(28,29)20-12-17(6-7-21(20)26)32-24(35)33-18-9-15(27)10-19(11-18)36-22-13-16(3-2-8-30-22)31-23(34)14-4-5-14/h3,6-14H,2,4-5H2,1H3,(H,31,34)(H2,32,33,35). The highest BCUT2D eigenvalue weighted by Crippen LogP contribution is 2.34. The second-order valence-electron chi connectivity index (χ2n) is 8.39. The van der Waals surface area contributed by atoms with Crippen LogP contribution in [-0.2, 0) is 10.7 Å². The molecule has 11 heteroatoms. The molecule has 188 valence electrons. The van der Waals surface area contributed by atoms with Gasteiger partial charge in [-0.25, -0.2) is 23.0 Å². The molecule has 1 fully saturated rings. The Morgan fingerprint density at radius 2 is 1.83 bits per heavy atom. The number of anilines is 2. The van der Waals surface area contributed by atoms with Crippen molar-refractivity contribution >= 4 is 41.1 Å². The second kappa shape index (κ2) is 10.4. The van der Waals surface area contributed by atoms with Crippen LogP contribution in [0.15, 0.2) is 65.1 Å². The number of hydrogen-bond acceptors (Lipinski definition) is 4. The predicted molar refractivity (Wildman–Crippen MR) is 131 cm³/mol. The van der Waals surface area contributed by atoms with Crippen molar-refractivity contribution in [2.45, 2.75) is 32.1 Å². The summed E-state index contributed by atoms with van der Waals surface area (Å²) < 4.78 is 47.3. The normalized spacial score (nSPS) is 15.4. The summed E-state index contributed by atoms with van der Waals surface area (Å²) in [5, 5.41) is 7.52. The van der Waals surface area contributed by atoms with E-state index in [1.807, 2.05) is 0 Å². The first kappa shape index (κ1) is 25.3. The van der Waals surface area contributed by atoms with E-state index in [4.69, 9.17) is 16.3 Å². The van der Waals surface area contributed by atoms with E-state index in [0.29, 0.717) is 19.0 Å². The maximum absolute atomic E-state index is 14.2. The molecular formula is C25H22ClF3N4O3. The highest BCUT2D eigenvalue weighted by molar-refractivity contribution is 6.31. The van der Waals surface area contributed by atoms with Crippen LogP contribution in [0.5, 0.6) is 5.75 Å². The van der Waals surface area contributed by atoms with Gasteiger partial charge < -0.3 is 20.7 Å². The van der Waals surface area contributed by atoms with Gasteiger partial charge in [0.1, 0.15) is 11.6 Å². The first-order valence-electron chi connectivity index (χ1n) is 11.1. The van der Waals surface area contributed by atoms with Gasteiger partial charge in [-0.15, -0.1) is 0 Å². The third-order valence-electron chi connectivity index (χ3n) is 5.21. The van der Waals surface area contributed by atoms with E-state index < -0.39 is 23.3 Å². The summed E-state index contributed by atoms with van der Waals surface area (Å²) >= 11 is 5.82. The van der Waals surface area contributed by atoms with Gasteiger partial charge in [-0.3, -0.25) is 4.79 Å². The van der Waals surface area contributed by atoms with E-state index in [1.54, 1.807) is 12.3 Å². The minimum Gasteiger partial charge on any atom is -0.439 e. The molecule has 36 heavy (non-hydrogen) atoms. The zero-order valence-corrected chi connectivity index (χ0v) is 19.8. The van der Waals surface area contributed by atoms with Crippen LogP contribution >= 0.6 is 11.6 Å². The van der Waals surface area contributed by atoms with Crippen molar-refractivity contribution < 1.29 is 27.5 Å². The van der Waals surface area contributed by atoms with Crippen LogP contribution in [0.4, 0.5) is 29.3 Å². The van der Waals surface area contributed by atoms with Gasteiger partial charge in [0, 0.05) is 71.3 Å². The van der Waals surface area contributed by atoms with E-state index in [-0.39, 0.29) is 39.9 Å². The van der Waals surface area contributed by atoms with Gasteiger partial charge in [-0.1, -0.05) is 17.7 Å². The number of allylic oxidation sites excluding steroid dienone is 2. The van der Waals surface area contributed by atoms with Crippen molar-refractivity contribution in [3.05, 3.63) is 76.5 Å². The number of rotatable bonds is 7. The fourth-order valence-electron chi connectivity index (χ4n) is 3.33. The van der Waals surface area contributed by atoms with Gasteiger partial charge in [-0.05, 0) is 37.1 Å². The molecule has 2 aliphatic rings. The van der Waals surface area contributed by atoms with Crippen molar-refractivity contribution in [2.24, 2.45) is 10.9 Å². The molecule has 0 spiro atoms. The van der Waals surface area contributed by atoms with Crippen LogP contribution in [0.3, 0.4) is 0 Å². The summed E-state index contributed by atoms with van der Waals surface area (Å²) in [7, 11) is 0. The summed E-state index contributed by atoms with van der Waals surface area (Å²) in [6.45, 7) is 0.694. The van der Waals surface area contributed by atoms with Gasteiger partial charge in [0.2, 0.25) is 11.8 Å². The number of aliphatic imine (C=N–C) groups is 1. The zero-order chi connectivity index (χ0) is 25.9. The molecule has 0 bridgehead atoms. The maximum atomic E-state index is 14.2. The Bertz CT molecular complexity index is 1280. The van der Waals surface area contributed by atoms with Crippen LogP contribution in [0.25, 0.3) is 0 Å².